The molecule has 0 aromatic heterocycles. The Hall–Kier alpha value is -1.79. The van der Waals surface area contributed by atoms with Crippen LogP contribution in [-0.2, 0) is 11.3 Å². The SMILES string of the molecule is Cc1ccc(N(c2c(F)cccc2F)S(=O)[O-])cc1. The van der Waals surface area contributed by atoms with Crippen molar-refractivity contribution < 1.29 is 17.5 Å². The van der Waals surface area contributed by atoms with Gasteiger partial charge in [-0.05, 0) is 31.2 Å². The molecule has 0 saturated heterocycles. The number of benzene rings is 2. The van der Waals surface area contributed by atoms with Crippen LogP contribution in [-0.4, -0.2) is 8.76 Å². The Bertz CT molecular complexity index is 596. The van der Waals surface area contributed by atoms with Crippen LogP contribution in [0.4, 0.5) is 20.2 Å². The lowest BCUT2D eigenvalue weighted by Crippen LogP contribution is -2.21. The van der Waals surface area contributed by atoms with Crippen LogP contribution in [0.2, 0.25) is 0 Å². The predicted octanol–water partition coefficient (Wildman–Crippen LogP) is 3.21. The van der Waals surface area contributed by atoms with Crippen molar-refractivity contribution in [2.75, 3.05) is 4.31 Å². The highest BCUT2D eigenvalue weighted by atomic mass is 32.2. The van der Waals surface area contributed by atoms with E-state index in [2.05, 4.69) is 0 Å². The Labute approximate surface area is 111 Å². The molecule has 0 aliphatic carbocycles. The lowest BCUT2D eigenvalue weighted by molar-refractivity contribution is 0.532. The molecule has 0 fully saturated rings. The fourth-order valence-corrected chi connectivity index (χ4v) is 2.27. The zero-order valence-corrected chi connectivity index (χ0v) is 10.8. The molecule has 2 rings (SSSR count). The summed E-state index contributed by atoms with van der Waals surface area (Å²) < 4.78 is 50.5. The second-order valence-corrected chi connectivity index (χ2v) is 4.72. The zero-order valence-electron chi connectivity index (χ0n) is 9.97. The molecule has 3 nitrogen and oxygen atoms in total. The van der Waals surface area contributed by atoms with Gasteiger partial charge in [-0.15, -0.1) is 0 Å². The summed E-state index contributed by atoms with van der Waals surface area (Å²) >= 11 is -2.83. The van der Waals surface area contributed by atoms with Crippen LogP contribution in [0.1, 0.15) is 5.56 Å². The number of para-hydroxylation sites is 1. The first kappa shape index (κ1) is 13.6. The van der Waals surface area contributed by atoms with Crippen LogP contribution in [0.5, 0.6) is 0 Å². The van der Waals surface area contributed by atoms with E-state index in [-0.39, 0.29) is 5.69 Å². The van der Waals surface area contributed by atoms with Crippen molar-refractivity contribution in [1.29, 1.82) is 0 Å². The Morgan fingerprint density at radius 1 is 1.05 bits per heavy atom. The average molecular weight is 282 g/mol. The van der Waals surface area contributed by atoms with Gasteiger partial charge in [0.1, 0.15) is 5.69 Å². The lowest BCUT2D eigenvalue weighted by atomic mass is 10.2. The van der Waals surface area contributed by atoms with E-state index in [0.29, 0.717) is 4.31 Å². The normalized spacial score (nSPS) is 12.2. The molecule has 1 atom stereocenters. The Balaban J connectivity index is 2.58. The van der Waals surface area contributed by atoms with Crippen LogP contribution in [0.25, 0.3) is 0 Å². The minimum absolute atomic E-state index is 0.169. The van der Waals surface area contributed by atoms with E-state index in [1.807, 2.05) is 6.92 Å². The van der Waals surface area contributed by atoms with E-state index >= 15 is 0 Å². The minimum atomic E-state index is -2.83. The van der Waals surface area contributed by atoms with E-state index in [0.717, 1.165) is 17.7 Å². The van der Waals surface area contributed by atoms with Gasteiger partial charge in [0.25, 0.3) is 0 Å². The Morgan fingerprint density at radius 2 is 1.58 bits per heavy atom. The van der Waals surface area contributed by atoms with Gasteiger partial charge in [0, 0.05) is 0 Å². The van der Waals surface area contributed by atoms with Gasteiger partial charge in [0.05, 0.1) is 17.0 Å². The summed E-state index contributed by atoms with van der Waals surface area (Å²) in [6.07, 6.45) is 0. The van der Waals surface area contributed by atoms with E-state index in [1.54, 1.807) is 12.1 Å². The minimum Gasteiger partial charge on any atom is -0.755 e. The maximum Gasteiger partial charge on any atom is 0.150 e. The molecule has 0 heterocycles. The summed E-state index contributed by atoms with van der Waals surface area (Å²) in [4.78, 5) is 0. The Morgan fingerprint density at radius 3 is 2.05 bits per heavy atom. The summed E-state index contributed by atoms with van der Waals surface area (Å²) in [7, 11) is 0. The molecule has 2 aromatic rings. The summed E-state index contributed by atoms with van der Waals surface area (Å²) in [6, 6.07) is 9.48. The fraction of sp³-hybridized carbons (Fsp3) is 0.0769. The first-order valence-electron chi connectivity index (χ1n) is 5.41. The molecule has 0 saturated carbocycles. The fourth-order valence-electron chi connectivity index (χ4n) is 1.65. The first-order chi connectivity index (χ1) is 9.00. The van der Waals surface area contributed by atoms with Gasteiger partial charge in [-0.2, -0.15) is 0 Å². The number of anilines is 2. The highest BCUT2D eigenvalue weighted by Gasteiger charge is 2.19. The van der Waals surface area contributed by atoms with Gasteiger partial charge in [-0.1, -0.05) is 23.8 Å². The van der Waals surface area contributed by atoms with Gasteiger partial charge < -0.3 is 4.55 Å². The molecular weight excluding hydrogens is 272 g/mol. The number of nitrogens with zero attached hydrogens (tertiary/aromatic N) is 1. The van der Waals surface area contributed by atoms with Crippen molar-refractivity contribution in [3.8, 4) is 0 Å². The van der Waals surface area contributed by atoms with Crippen molar-refractivity contribution >= 4 is 22.6 Å². The molecule has 0 aliphatic heterocycles. The van der Waals surface area contributed by atoms with Gasteiger partial charge in [-0.3, -0.25) is 8.51 Å². The molecule has 100 valence electrons. The zero-order chi connectivity index (χ0) is 14.0. The number of hydrogen-bond acceptors (Lipinski definition) is 2. The van der Waals surface area contributed by atoms with Gasteiger partial charge in [0.15, 0.2) is 11.6 Å². The lowest BCUT2D eigenvalue weighted by Gasteiger charge is -2.27. The molecule has 6 heteroatoms. The Kier molecular flexibility index (Phi) is 3.92. The number of halogens is 2. The van der Waals surface area contributed by atoms with Gasteiger partial charge in [-0.25, -0.2) is 8.78 Å². The molecule has 19 heavy (non-hydrogen) atoms. The van der Waals surface area contributed by atoms with Crippen LogP contribution in [0.3, 0.4) is 0 Å². The second-order valence-electron chi connectivity index (χ2n) is 3.92. The molecular formula is C13H10F2NO2S-. The van der Waals surface area contributed by atoms with Crippen molar-refractivity contribution in [1.82, 2.24) is 0 Å². The van der Waals surface area contributed by atoms with Crippen molar-refractivity contribution in [2.45, 2.75) is 6.92 Å². The summed E-state index contributed by atoms with van der Waals surface area (Å²) in [5, 5.41) is 0. The summed E-state index contributed by atoms with van der Waals surface area (Å²) in [6.45, 7) is 1.83. The predicted molar refractivity (Wildman–Crippen MR) is 68.6 cm³/mol. The third-order valence-corrected chi connectivity index (χ3v) is 3.25. The van der Waals surface area contributed by atoms with Gasteiger partial charge in [0.2, 0.25) is 0 Å². The number of aryl methyl sites for hydroxylation is 1. The maximum absolute atomic E-state index is 13.7. The third kappa shape index (κ3) is 2.80. The third-order valence-electron chi connectivity index (χ3n) is 2.56. The molecule has 0 N–H and O–H groups in total. The smallest absolute Gasteiger partial charge is 0.150 e. The summed E-state index contributed by atoms with van der Waals surface area (Å²) in [5.41, 5.74) is 0.469. The highest BCUT2D eigenvalue weighted by Crippen LogP contribution is 2.31. The van der Waals surface area contributed by atoms with E-state index < -0.39 is 28.6 Å². The quantitative estimate of drug-likeness (QED) is 0.811. The largest absolute Gasteiger partial charge is 0.755 e. The van der Waals surface area contributed by atoms with Crippen molar-refractivity contribution in [3.05, 3.63) is 59.7 Å². The molecule has 0 spiro atoms. The van der Waals surface area contributed by atoms with E-state index in [9.17, 15) is 17.5 Å². The second kappa shape index (κ2) is 5.46. The first-order valence-corrected chi connectivity index (χ1v) is 6.44. The molecule has 0 bridgehead atoms. The molecule has 0 aliphatic rings. The topological polar surface area (TPSA) is 43.4 Å². The average Bonchev–Trinajstić information content (AvgIpc) is 2.35. The van der Waals surface area contributed by atoms with Crippen molar-refractivity contribution in [3.63, 3.8) is 0 Å². The number of rotatable bonds is 3. The summed E-state index contributed by atoms with van der Waals surface area (Å²) in [5.74, 6) is -1.88. The highest BCUT2D eigenvalue weighted by molar-refractivity contribution is 7.81. The molecule has 0 amide bonds. The number of hydrogen-bond donors (Lipinski definition) is 0. The van der Waals surface area contributed by atoms with Crippen LogP contribution >= 0.6 is 0 Å². The van der Waals surface area contributed by atoms with Gasteiger partial charge >= 0.3 is 0 Å². The van der Waals surface area contributed by atoms with Crippen LogP contribution < -0.4 is 4.31 Å². The van der Waals surface area contributed by atoms with Crippen LogP contribution in [0.15, 0.2) is 42.5 Å². The van der Waals surface area contributed by atoms with Crippen LogP contribution in [0, 0.1) is 18.6 Å². The standard InChI is InChI=1S/C13H11F2NO2S/c1-9-5-7-10(8-6-9)16(19(17)18)13-11(14)3-2-4-12(13)15/h2-8H,1H3,(H,17,18)/p-1. The van der Waals surface area contributed by atoms with Crippen molar-refractivity contribution in [2.24, 2.45) is 0 Å². The van der Waals surface area contributed by atoms with E-state index in [4.69, 9.17) is 0 Å². The monoisotopic (exact) mass is 282 g/mol. The molecule has 0 radical (unpaired) electrons. The molecule has 2 aromatic carbocycles. The maximum atomic E-state index is 13.7. The molecule has 1 unspecified atom stereocenters. The van der Waals surface area contributed by atoms with E-state index in [1.165, 1.54) is 18.2 Å².